The van der Waals surface area contributed by atoms with Gasteiger partial charge in [0.1, 0.15) is 18.0 Å². The predicted octanol–water partition coefficient (Wildman–Crippen LogP) is 1.80. The lowest BCUT2D eigenvalue weighted by atomic mass is 10.2. The molecule has 1 heterocycles. The Balaban J connectivity index is 1.94. The SMILES string of the molecule is CC(NCc1ccc(F)cc1)c1nncn1C. The Bertz CT molecular complexity index is 478. The molecule has 0 spiro atoms. The quantitative estimate of drug-likeness (QED) is 0.877. The number of rotatable bonds is 4. The van der Waals surface area contributed by atoms with E-state index < -0.39 is 0 Å². The molecule has 0 saturated carbocycles. The number of benzene rings is 1. The van der Waals surface area contributed by atoms with E-state index in [1.165, 1.54) is 12.1 Å². The Labute approximate surface area is 99.5 Å². The van der Waals surface area contributed by atoms with Crippen LogP contribution in [0.25, 0.3) is 0 Å². The number of halogens is 1. The summed E-state index contributed by atoms with van der Waals surface area (Å²) in [4.78, 5) is 0. The molecule has 1 N–H and O–H groups in total. The number of aromatic nitrogens is 3. The van der Waals surface area contributed by atoms with Gasteiger partial charge in [-0.1, -0.05) is 12.1 Å². The Morgan fingerprint density at radius 3 is 2.65 bits per heavy atom. The van der Waals surface area contributed by atoms with E-state index in [4.69, 9.17) is 0 Å². The lowest BCUT2D eigenvalue weighted by Gasteiger charge is -2.12. The van der Waals surface area contributed by atoms with Gasteiger partial charge in [0.05, 0.1) is 6.04 Å². The summed E-state index contributed by atoms with van der Waals surface area (Å²) < 4.78 is 14.6. The molecule has 5 heteroatoms. The van der Waals surface area contributed by atoms with Crippen molar-refractivity contribution in [2.75, 3.05) is 0 Å². The van der Waals surface area contributed by atoms with Gasteiger partial charge in [-0.15, -0.1) is 10.2 Å². The summed E-state index contributed by atoms with van der Waals surface area (Å²) in [5.41, 5.74) is 1.04. The van der Waals surface area contributed by atoms with Gasteiger partial charge in [-0.05, 0) is 24.6 Å². The third kappa shape index (κ3) is 2.88. The molecule has 17 heavy (non-hydrogen) atoms. The maximum atomic E-state index is 12.7. The van der Waals surface area contributed by atoms with Crippen molar-refractivity contribution in [3.8, 4) is 0 Å². The van der Waals surface area contributed by atoms with E-state index in [9.17, 15) is 4.39 Å². The summed E-state index contributed by atoms with van der Waals surface area (Å²) in [6.07, 6.45) is 1.67. The van der Waals surface area contributed by atoms with Crippen LogP contribution in [0.2, 0.25) is 0 Å². The zero-order chi connectivity index (χ0) is 12.3. The first kappa shape index (κ1) is 11.7. The first-order chi connectivity index (χ1) is 8.16. The molecule has 0 aliphatic carbocycles. The van der Waals surface area contributed by atoms with Gasteiger partial charge in [0, 0.05) is 13.6 Å². The Hall–Kier alpha value is -1.75. The summed E-state index contributed by atoms with van der Waals surface area (Å²) in [7, 11) is 1.91. The highest BCUT2D eigenvalue weighted by Crippen LogP contribution is 2.09. The second-order valence-corrected chi connectivity index (χ2v) is 4.03. The maximum absolute atomic E-state index is 12.7. The Kier molecular flexibility index (Phi) is 3.49. The Morgan fingerprint density at radius 2 is 2.06 bits per heavy atom. The summed E-state index contributed by atoms with van der Waals surface area (Å²) in [6, 6.07) is 6.57. The van der Waals surface area contributed by atoms with Crippen LogP contribution >= 0.6 is 0 Å². The average Bonchev–Trinajstić information content (AvgIpc) is 2.74. The van der Waals surface area contributed by atoms with Crippen molar-refractivity contribution in [2.24, 2.45) is 7.05 Å². The predicted molar refractivity (Wildman–Crippen MR) is 62.7 cm³/mol. The van der Waals surface area contributed by atoms with Crippen LogP contribution < -0.4 is 5.32 Å². The largest absolute Gasteiger partial charge is 0.319 e. The van der Waals surface area contributed by atoms with E-state index in [1.807, 2.05) is 18.5 Å². The molecular formula is C12H15FN4. The van der Waals surface area contributed by atoms with E-state index in [0.29, 0.717) is 6.54 Å². The molecule has 0 radical (unpaired) electrons. The van der Waals surface area contributed by atoms with E-state index in [2.05, 4.69) is 15.5 Å². The van der Waals surface area contributed by atoms with Gasteiger partial charge in [-0.25, -0.2) is 4.39 Å². The molecule has 0 fully saturated rings. The molecule has 90 valence electrons. The van der Waals surface area contributed by atoms with Crippen LogP contribution in [0.4, 0.5) is 4.39 Å². The lowest BCUT2D eigenvalue weighted by molar-refractivity contribution is 0.527. The molecule has 0 saturated heterocycles. The third-order valence-electron chi connectivity index (χ3n) is 2.66. The normalized spacial score (nSPS) is 12.6. The average molecular weight is 234 g/mol. The fraction of sp³-hybridized carbons (Fsp3) is 0.333. The summed E-state index contributed by atoms with van der Waals surface area (Å²) >= 11 is 0. The number of nitrogens with zero attached hydrogens (tertiary/aromatic N) is 3. The second kappa shape index (κ2) is 5.05. The van der Waals surface area contributed by atoms with Crippen molar-refractivity contribution in [3.63, 3.8) is 0 Å². The summed E-state index contributed by atoms with van der Waals surface area (Å²) in [5.74, 6) is 0.669. The highest BCUT2D eigenvalue weighted by atomic mass is 19.1. The molecule has 2 rings (SSSR count). The highest BCUT2D eigenvalue weighted by Gasteiger charge is 2.10. The molecule has 1 unspecified atom stereocenters. The van der Waals surface area contributed by atoms with Crippen LogP contribution in [-0.4, -0.2) is 14.8 Å². The van der Waals surface area contributed by atoms with E-state index in [0.717, 1.165) is 11.4 Å². The van der Waals surface area contributed by atoms with Crippen molar-refractivity contribution < 1.29 is 4.39 Å². The third-order valence-corrected chi connectivity index (χ3v) is 2.66. The monoisotopic (exact) mass is 234 g/mol. The molecule has 0 amide bonds. The van der Waals surface area contributed by atoms with Gasteiger partial charge < -0.3 is 9.88 Å². The van der Waals surface area contributed by atoms with Crippen LogP contribution in [0, 0.1) is 5.82 Å². The number of aryl methyl sites for hydroxylation is 1. The number of hydrogen-bond acceptors (Lipinski definition) is 3. The van der Waals surface area contributed by atoms with Gasteiger partial charge in [0.2, 0.25) is 0 Å². The molecular weight excluding hydrogens is 219 g/mol. The molecule has 1 atom stereocenters. The van der Waals surface area contributed by atoms with Crippen LogP contribution in [0.15, 0.2) is 30.6 Å². The fourth-order valence-corrected chi connectivity index (χ4v) is 1.65. The van der Waals surface area contributed by atoms with Gasteiger partial charge in [0.25, 0.3) is 0 Å². The van der Waals surface area contributed by atoms with Crippen molar-refractivity contribution in [1.82, 2.24) is 20.1 Å². The van der Waals surface area contributed by atoms with Crippen molar-refractivity contribution in [1.29, 1.82) is 0 Å². The first-order valence-corrected chi connectivity index (χ1v) is 5.48. The molecule has 4 nitrogen and oxygen atoms in total. The van der Waals surface area contributed by atoms with Crippen LogP contribution in [-0.2, 0) is 13.6 Å². The van der Waals surface area contributed by atoms with Gasteiger partial charge in [-0.2, -0.15) is 0 Å². The molecule has 1 aromatic heterocycles. The minimum Gasteiger partial charge on any atom is -0.319 e. The van der Waals surface area contributed by atoms with Crippen LogP contribution in [0.1, 0.15) is 24.4 Å². The van der Waals surface area contributed by atoms with E-state index in [1.54, 1.807) is 18.5 Å². The minimum atomic E-state index is -0.213. The minimum absolute atomic E-state index is 0.104. The Morgan fingerprint density at radius 1 is 1.35 bits per heavy atom. The van der Waals surface area contributed by atoms with Gasteiger partial charge >= 0.3 is 0 Å². The molecule has 2 aromatic rings. The fourth-order valence-electron chi connectivity index (χ4n) is 1.65. The summed E-state index contributed by atoms with van der Waals surface area (Å²) in [5, 5.41) is 11.2. The number of nitrogens with one attached hydrogen (secondary N) is 1. The van der Waals surface area contributed by atoms with Crippen molar-refractivity contribution in [3.05, 3.63) is 47.8 Å². The smallest absolute Gasteiger partial charge is 0.149 e. The summed E-state index contributed by atoms with van der Waals surface area (Å²) in [6.45, 7) is 2.70. The zero-order valence-corrected chi connectivity index (χ0v) is 9.89. The molecule has 0 aliphatic rings. The van der Waals surface area contributed by atoms with Crippen LogP contribution in [0.3, 0.4) is 0 Å². The van der Waals surface area contributed by atoms with Gasteiger partial charge in [0.15, 0.2) is 0 Å². The zero-order valence-electron chi connectivity index (χ0n) is 9.89. The molecule has 0 bridgehead atoms. The standard InChI is InChI=1S/C12H15FN4/c1-9(12-16-15-8-17(12)2)14-7-10-3-5-11(13)6-4-10/h3-6,8-9,14H,7H2,1-2H3. The first-order valence-electron chi connectivity index (χ1n) is 5.48. The molecule has 1 aromatic carbocycles. The van der Waals surface area contributed by atoms with Gasteiger partial charge in [-0.3, -0.25) is 0 Å². The molecule has 0 aliphatic heterocycles. The van der Waals surface area contributed by atoms with Crippen LogP contribution in [0.5, 0.6) is 0 Å². The maximum Gasteiger partial charge on any atom is 0.149 e. The van der Waals surface area contributed by atoms with Crippen molar-refractivity contribution >= 4 is 0 Å². The number of hydrogen-bond donors (Lipinski definition) is 1. The van der Waals surface area contributed by atoms with E-state index >= 15 is 0 Å². The highest BCUT2D eigenvalue weighted by molar-refractivity contribution is 5.16. The lowest BCUT2D eigenvalue weighted by Crippen LogP contribution is -2.21. The topological polar surface area (TPSA) is 42.7 Å². The van der Waals surface area contributed by atoms with Crippen molar-refractivity contribution in [2.45, 2.75) is 19.5 Å². The van der Waals surface area contributed by atoms with E-state index in [-0.39, 0.29) is 11.9 Å². The second-order valence-electron chi connectivity index (χ2n) is 4.03.